The molecular formula is C18H22F3N5O4S. The fourth-order valence-electron chi connectivity index (χ4n) is 3.35. The van der Waals surface area contributed by atoms with E-state index in [1.807, 2.05) is 0 Å². The number of hydrogen-bond donors (Lipinski definition) is 7. The number of alkyl halides is 3. The summed E-state index contributed by atoms with van der Waals surface area (Å²) in [6.45, 7) is 1.00. The van der Waals surface area contributed by atoms with Crippen molar-refractivity contribution in [3.63, 3.8) is 0 Å². The third kappa shape index (κ3) is 4.58. The molecule has 1 heterocycles. The van der Waals surface area contributed by atoms with Crippen molar-refractivity contribution in [2.45, 2.75) is 29.6 Å². The zero-order valence-corrected chi connectivity index (χ0v) is 17.1. The highest BCUT2D eigenvalue weighted by molar-refractivity contribution is 7.89. The molecule has 1 aliphatic rings. The third-order valence-corrected chi connectivity index (χ3v) is 6.17. The van der Waals surface area contributed by atoms with Gasteiger partial charge in [-0.05, 0) is 22.8 Å². The third-order valence-electron chi connectivity index (χ3n) is 5.16. The van der Waals surface area contributed by atoms with Gasteiger partial charge in [0.25, 0.3) is 0 Å². The number of primary sulfonamides is 1. The van der Waals surface area contributed by atoms with Crippen LogP contribution in [0.25, 0.3) is 11.1 Å². The van der Waals surface area contributed by atoms with Crippen LogP contribution in [0.15, 0.2) is 41.3 Å². The number of benzene rings is 2. The lowest BCUT2D eigenvalue weighted by molar-refractivity contribution is -0.140. The molecule has 0 aliphatic carbocycles. The zero-order valence-electron chi connectivity index (χ0n) is 16.3. The Morgan fingerprint density at radius 2 is 1.55 bits per heavy atom. The highest BCUT2D eigenvalue weighted by Crippen LogP contribution is 2.41. The van der Waals surface area contributed by atoms with E-state index < -0.39 is 38.2 Å². The van der Waals surface area contributed by atoms with Gasteiger partial charge in [0, 0.05) is 11.0 Å². The smallest absolute Gasteiger partial charge is 0.395 e. The van der Waals surface area contributed by atoms with Crippen molar-refractivity contribution in [3.05, 3.63) is 53.1 Å². The van der Waals surface area contributed by atoms with E-state index in [2.05, 4.69) is 21.9 Å². The standard InChI is InChI=1S/C18H22F3N5O4S/c1-17(8-27,9-28)11-4-2-10(3-5-11)12-6-7-13(18(19,20)21)15(31(22,29)30)14(12)16-23-25-26-24-16/h2-7,16,23-28H,8-9H2,1H3,(H2,22,29,30). The van der Waals surface area contributed by atoms with Crippen molar-refractivity contribution in [2.75, 3.05) is 13.2 Å². The molecule has 8 N–H and O–H groups in total. The molecule has 2 aromatic rings. The average molecular weight is 461 g/mol. The molecule has 1 saturated heterocycles. The molecule has 0 unspecified atom stereocenters. The number of nitrogens with one attached hydrogen (secondary N) is 4. The number of sulfonamides is 1. The molecular weight excluding hydrogens is 439 g/mol. The van der Waals surface area contributed by atoms with Crippen LogP contribution in [-0.2, 0) is 21.6 Å². The number of hydrogen-bond acceptors (Lipinski definition) is 8. The molecule has 0 atom stereocenters. The minimum atomic E-state index is -4.96. The summed E-state index contributed by atoms with van der Waals surface area (Å²) in [4.78, 5) is -1.05. The van der Waals surface area contributed by atoms with E-state index in [0.29, 0.717) is 17.2 Å². The number of aliphatic hydroxyl groups is 2. The summed E-state index contributed by atoms with van der Waals surface area (Å²) in [7, 11) is -4.78. The van der Waals surface area contributed by atoms with Gasteiger partial charge in [0.2, 0.25) is 10.0 Å². The van der Waals surface area contributed by atoms with Gasteiger partial charge in [-0.3, -0.25) is 0 Å². The van der Waals surface area contributed by atoms with Crippen LogP contribution in [0.2, 0.25) is 0 Å². The SMILES string of the molecule is CC(CO)(CO)c1ccc(-c2ccc(C(F)(F)F)c(S(N)(=O)=O)c2C2NNNN2)cc1. The van der Waals surface area contributed by atoms with Gasteiger partial charge < -0.3 is 10.2 Å². The Labute approximate surface area is 176 Å². The van der Waals surface area contributed by atoms with Crippen LogP contribution >= 0.6 is 0 Å². The minimum Gasteiger partial charge on any atom is -0.395 e. The van der Waals surface area contributed by atoms with Crippen molar-refractivity contribution >= 4 is 10.0 Å². The Morgan fingerprint density at radius 1 is 1.00 bits per heavy atom. The lowest BCUT2D eigenvalue weighted by atomic mass is 9.83. The maximum absolute atomic E-state index is 13.6. The van der Waals surface area contributed by atoms with E-state index in [1.165, 1.54) is 6.07 Å². The summed E-state index contributed by atoms with van der Waals surface area (Å²) in [5, 5.41) is 24.3. The second-order valence-corrected chi connectivity index (χ2v) is 8.87. The quantitative estimate of drug-likeness (QED) is 0.327. The Kier molecular flexibility index (Phi) is 6.42. The van der Waals surface area contributed by atoms with Crippen LogP contribution in [-0.4, -0.2) is 31.8 Å². The summed E-state index contributed by atoms with van der Waals surface area (Å²) in [6, 6.07) is 8.17. The van der Waals surface area contributed by atoms with Crippen LogP contribution in [0, 0.1) is 0 Å². The first-order valence-corrected chi connectivity index (χ1v) is 10.6. The topological polar surface area (TPSA) is 149 Å². The summed E-state index contributed by atoms with van der Waals surface area (Å²) in [6.07, 6.45) is -6.02. The van der Waals surface area contributed by atoms with Crippen molar-refractivity contribution in [1.29, 1.82) is 0 Å². The summed E-state index contributed by atoms with van der Waals surface area (Å²) < 4.78 is 65.3. The number of aliphatic hydroxyl groups excluding tert-OH is 2. The van der Waals surface area contributed by atoms with Gasteiger partial charge in [-0.25, -0.2) is 24.4 Å². The Morgan fingerprint density at radius 3 is 2.00 bits per heavy atom. The maximum Gasteiger partial charge on any atom is 0.417 e. The van der Waals surface area contributed by atoms with E-state index in [-0.39, 0.29) is 24.3 Å². The number of nitrogens with two attached hydrogens (primary N) is 1. The fraction of sp³-hybridized carbons (Fsp3) is 0.333. The summed E-state index contributed by atoms with van der Waals surface area (Å²) in [5.74, 6) is 0. The fourth-order valence-corrected chi connectivity index (χ4v) is 4.37. The molecule has 13 heteroatoms. The second-order valence-electron chi connectivity index (χ2n) is 7.37. The molecule has 170 valence electrons. The molecule has 2 aromatic carbocycles. The van der Waals surface area contributed by atoms with E-state index in [1.54, 1.807) is 31.2 Å². The predicted octanol–water partition coefficient (Wildman–Crippen LogP) is 0.378. The molecule has 1 fully saturated rings. The minimum absolute atomic E-state index is 0.189. The average Bonchev–Trinajstić information content (AvgIpc) is 3.25. The van der Waals surface area contributed by atoms with E-state index in [9.17, 15) is 31.8 Å². The molecule has 1 aliphatic heterocycles. The van der Waals surface area contributed by atoms with Gasteiger partial charge in [0.05, 0.1) is 18.8 Å². The molecule has 9 nitrogen and oxygen atoms in total. The highest BCUT2D eigenvalue weighted by Gasteiger charge is 2.40. The van der Waals surface area contributed by atoms with E-state index >= 15 is 0 Å². The van der Waals surface area contributed by atoms with Gasteiger partial charge in [0.1, 0.15) is 11.1 Å². The molecule has 0 amide bonds. The van der Waals surface area contributed by atoms with Crippen molar-refractivity contribution in [2.24, 2.45) is 5.14 Å². The molecule has 0 radical (unpaired) electrons. The Balaban J connectivity index is 2.26. The zero-order chi connectivity index (χ0) is 23.0. The number of halogens is 3. The van der Waals surface area contributed by atoms with Crippen LogP contribution < -0.4 is 27.1 Å². The number of rotatable bonds is 6. The Bertz CT molecular complexity index is 1050. The van der Waals surface area contributed by atoms with E-state index in [4.69, 9.17) is 5.14 Å². The first-order valence-electron chi connectivity index (χ1n) is 9.03. The predicted molar refractivity (Wildman–Crippen MR) is 105 cm³/mol. The Hall–Kier alpha value is -2.10. The molecule has 31 heavy (non-hydrogen) atoms. The molecule has 0 aromatic heterocycles. The summed E-state index contributed by atoms with van der Waals surface area (Å²) >= 11 is 0. The first kappa shape index (κ1) is 23.6. The van der Waals surface area contributed by atoms with Gasteiger partial charge >= 0.3 is 6.18 Å². The van der Waals surface area contributed by atoms with Crippen molar-refractivity contribution in [1.82, 2.24) is 21.9 Å². The first-order chi connectivity index (χ1) is 14.4. The van der Waals surface area contributed by atoms with Crippen molar-refractivity contribution in [3.8, 4) is 11.1 Å². The molecule has 0 bridgehead atoms. The van der Waals surface area contributed by atoms with Gasteiger partial charge in [-0.2, -0.15) is 24.2 Å². The largest absolute Gasteiger partial charge is 0.417 e. The molecule has 0 spiro atoms. The lowest BCUT2D eigenvalue weighted by Gasteiger charge is -2.26. The summed E-state index contributed by atoms with van der Waals surface area (Å²) in [5.41, 5.74) is 8.77. The normalized spacial score (nSPS) is 16.1. The second kappa shape index (κ2) is 8.44. The van der Waals surface area contributed by atoms with Crippen LogP contribution in [0.3, 0.4) is 0 Å². The van der Waals surface area contributed by atoms with Crippen LogP contribution in [0.1, 0.15) is 29.8 Å². The molecule has 0 saturated carbocycles. The van der Waals surface area contributed by atoms with Crippen LogP contribution in [0.4, 0.5) is 13.2 Å². The van der Waals surface area contributed by atoms with E-state index in [0.717, 1.165) is 0 Å². The highest BCUT2D eigenvalue weighted by atomic mass is 32.2. The van der Waals surface area contributed by atoms with Gasteiger partial charge in [-0.1, -0.05) is 37.3 Å². The van der Waals surface area contributed by atoms with Gasteiger partial charge in [0.15, 0.2) is 0 Å². The molecule has 3 rings (SSSR count). The maximum atomic E-state index is 13.6. The van der Waals surface area contributed by atoms with Crippen LogP contribution in [0.5, 0.6) is 0 Å². The number of hydrazine groups is 3. The van der Waals surface area contributed by atoms with Crippen molar-refractivity contribution < 1.29 is 31.8 Å². The lowest BCUT2D eigenvalue weighted by Crippen LogP contribution is -2.33. The monoisotopic (exact) mass is 461 g/mol. The van der Waals surface area contributed by atoms with Gasteiger partial charge in [-0.15, -0.1) is 0 Å².